The molecule has 0 spiro atoms. The number of nitrogens with zero attached hydrogens (tertiary/aromatic N) is 3. The molecule has 2 heterocycles. The van der Waals surface area contributed by atoms with Gasteiger partial charge in [-0.05, 0) is 37.5 Å². The van der Waals surface area contributed by atoms with Crippen LogP contribution >= 0.6 is 11.6 Å². The number of hydrogen-bond acceptors (Lipinski definition) is 5. The SMILES string of the molecule is Cc1nn(Cc2ccccc2)c(Cl)c1C(=O)OCCCCN1C(=O)c2ccccc2C1=O. The van der Waals surface area contributed by atoms with Gasteiger partial charge in [-0.2, -0.15) is 5.10 Å². The monoisotopic (exact) mass is 451 g/mol. The van der Waals surface area contributed by atoms with Crippen molar-refractivity contribution in [2.75, 3.05) is 13.2 Å². The van der Waals surface area contributed by atoms with Crippen LogP contribution in [0.15, 0.2) is 54.6 Å². The van der Waals surface area contributed by atoms with Crippen molar-refractivity contribution >= 4 is 29.4 Å². The van der Waals surface area contributed by atoms with Crippen LogP contribution in [0.1, 0.15) is 55.2 Å². The Bertz CT molecular complexity index is 1140. The van der Waals surface area contributed by atoms with Crippen LogP contribution < -0.4 is 0 Å². The number of hydrogen-bond donors (Lipinski definition) is 0. The minimum atomic E-state index is -0.535. The molecule has 164 valence electrons. The van der Waals surface area contributed by atoms with E-state index in [2.05, 4.69) is 5.10 Å². The third kappa shape index (κ3) is 4.29. The highest BCUT2D eigenvalue weighted by molar-refractivity contribution is 6.32. The lowest BCUT2D eigenvalue weighted by molar-refractivity contribution is 0.0485. The summed E-state index contributed by atoms with van der Waals surface area (Å²) in [5, 5.41) is 4.60. The molecule has 4 rings (SSSR count). The van der Waals surface area contributed by atoms with Gasteiger partial charge in [0.05, 0.1) is 30.0 Å². The number of aromatic nitrogens is 2. The molecule has 0 atom stereocenters. The Balaban J connectivity index is 1.28. The van der Waals surface area contributed by atoms with Crippen LogP contribution in [-0.4, -0.2) is 45.6 Å². The van der Waals surface area contributed by atoms with Crippen LogP contribution in [0, 0.1) is 6.92 Å². The number of amides is 2. The van der Waals surface area contributed by atoms with Gasteiger partial charge >= 0.3 is 5.97 Å². The average Bonchev–Trinajstić information content (AvgIpc) is 3.21. The number of aryl methyl sites for hydroxylation is 1. The van der Waals surface area contributed by atoms with E-state index >= 15 is 0 Å². The van der Waals surface area contributed by atoms with Crippen molar-refractivity contribution in [3.63, 3.8) is 0 Å². The van der Waals surface area contributed by atoms with E-state index in [1.807, 2.05) is 30.3 Å². The number of esters is 1. The van der Waals surface area contributed by atoms with Crippen molar-refractivity contribution in [2.45, 2.75) is 26.3 Å². The van der Waals surface area contributed by atoms with E-state index in [1.165, 1.54) is 4.90 Å². The summed E-state index contributed by atoms with van der Waals surface area (Å²) in [7, 11) is 0. The predicted molar refractivity (Wildman–Crippen MR) is 119 cm³/mol. The fourth-order valence-electron chi connectivity index (χ4n) is 3.70. The van der Waals surface area contributed by atoms with Gasteiger partial charge in [0.15, 0.2) is 0 Å². The van der Waals surface area contributed by atoms with Gasteiger partial charge in [0.2, 0.25) is 0 Å². The maximum Gasteiger partial charge on any atom is 0.343 e. The van der Waals surface area contributed by atoms with Crippen LogP contribution in [0.5, 0.6) is 0 Å². The van der Waals surface area contributed by atoms with Crippen molar-refractivity contribution in [3.05, 3.63) is 87.7 Å². The molecule has 2 aromatic carbocycles. The van der Waals surface area contributed by atoms with Crippen molar-refractivity contribution in [3.8, 4) is 0 Å². The lowest BCUT2D eigenvalue weighted by Gasteiger charge is -2.13. The summed E-state index contributed by atoms with van der Waals surface area (Å²) in [4.78, 5) is 38.5. The second-order valence-electron chi connectivity index (χ2n) is 7.55. The number of benzene rings is 2. The van der Waals surface area contributed by atoms with Gasteiger partial charge in [-0.25, -0.2) is 9.48 Å². The zero-order chi connectivity index (χ0) is 22.7. The molecule has 8 heteroatoms. The fraction of sp³-hybridized carbons (Fsp3) is 0.250. The van der Waals surface area contributed by atoms with E-state index < -0.39 is 5.97 Å². The Morgan fingerprint density at radius 3 is 2.25 bits per heavy atom. The largest absolute Gasteiger partial charge is 0.462 e. The molecule has 7 nitrogen and oxygen atoms in total. The molecule has 1 aliphatic rings. The van der Waals surface area contributed by atoms with E-state index in [0.29, 0.717) is 36.2 Å². The Labute approximate surface area is 190 Å². The molecule has 32 heavy (non-hydrogen) atoms. The van der Waals surface area contributed by atoms with Gasteiger partial charge < -0.3 is 4.74 Å². The Morgan fingerprint density at radius 1 is 0.969 bits per heavy atom. The maximum absolute atomic E-state index is 12.5. The minimum Gasteiger partial charge on any atom is -0.462 e. The Hall–Kier alpha value is -3.45. The molecule has 0 bridgehead atoms. The van der Waals surface area contributed by atoms with Gasteiger partial charge in [-0.3, -0.25) is 14.5 Å². The summed E-state index contributed by atoms with van der Waals surface area (Å²) in [5.74, 6) is -1.10. The lowest BCUT2D eigenvalue weighted by Crippen LogP contribution is -2.30. The molecular weight excluding hydrogens is 430 g/mol. The lowest BCUT2D eigenvalue weighted by atomic mass is 10.1. The van der Waals surface area contributed by atoms with Gasteiger partial charge in [0, 0.05) is 6.54 Å². The zero-order valence-corrected chi connectivity index (χ0v) is 18.3. The summed E-state index contributed by atoms with van der Waals surface area (Å²) in [6.07, 6.45) is 1.03. The smallest absolute Gasteiger partial charge is 0.343 e. The third-order valence-corrected chi connectivity index (χ3v) is 5.72. The molecule has 0 fully saturated rings. The summed E-state index contributed by atoms with van der Waals surface area (Å²) in [6.45, 7) is 2.60. The second kappa shape index (κ2) is 9.36. The van der Waals surface area contributed by atoms with Crippen LogP contribution in [0.3, 0.4) is 0 Å². The number of rotatable bonds is 8. The van der Waals surface area contributed by atoms with Gasteiger partial charge in [0.25, 0.3) is 11.8 Å². The fourth-order valence-corrected chi connectivity index (χ4v) is 4.01. The van der Waals surface area contributed by atoms with Crippen molar-refractivity contribution in [1.82, 2.24) is 14.7 Å². The number of carbonyl (C=O) groups excluding carboxylic acids is 3. The summed E-state index contributed by atoms with van der Waals surface area (Å²) >= 11 is 6.39. The summed E-state index contributed by atoms with van der Waals surface area (Å²) < 4.78 is 6.94. The summed E-state index contributed by atoms with van der Waals surface area (Å²) in [5.41, 5.74) is 2.64. The first kappa shape index (κ1) is 21.8. The van der Waals surface area contributed by atoms with Gasteiger partial charge in [-0.15, -0.1) is 0 Å². The van der Waals surface area contributed by atoms with Gasteiger partial charge in [0.1, 0.15) is 10.7 Å². The first-order valence-corrected chi connectivity index (χ1v) is 10.7. The number of carbonyl (C=O) groups is 3. The second-order valence-corrected chi connectivity index (χ2v) is 7.90. The molecule has 0 radical (unpaired) electrons. The average molecular weight is 452 g/mol. The van der Waals surface area contributed by atoms with Crippen molar-refractivity contribution in [1.29, 1.82) is 0 Å². The Kier molecular flexibility index (Phi) is 6.37. The Morgan fingerprint density at radius 2 is 1.59 bits per heavy atom. The molecule has 0 unspecified atom stereocenters. The number of ether oxygens (including phenoxy) is 1. The molecule has 2 amide bonds. The topological polar surface area (TPSA) is 81.5 Å². The van der Waals surface area contributed by atoms with Crippen LogP contribution in [-0.2, 0) is 11.3 Å². The van der Waals surface area contributed by atoms with Crippen LogP contribution in [0.25, 0.3) is 0 Å². The first-order valence-electron chi connectivity index (χ1n) is 10.4. The molecule has 0 saturated carbocycles. The molecule has 3 aromatic rings. The standard InChI is InChI=1S/C24H22ClN3O4/c1-16-20(21(25)28(26-16)15-17-9-3-2-4-10-17)24(31)32-14-8-7-13-27-22(29)18-11-5-6-12-19(18)23(27)30/h2-6,9-12H,7-8,13-15H2,1H3. The van der Waals surface area contributed by atoms with E-state index in [1.54, 1.807) is 35.9 Å². The van der Waals surface area contributed by atoms with E-state index in [9.17, 15) is 14.4 Å². The molecule has 1 aliphatic heterocycles. The van der Waals surface area contributed by atoms with Gasteiger partial charge in [-0.1, -0.05) is 54.1 Å². The van der Waals surface area contributed by atoms with Crippen molar-refractivity contribution in [2.24, 2.45) is 0 Å². The predicted octanol–water partition coefficient (Wildman–Crippen LogP) is 4.13. The first-order chi connectivity index (χ1) is 15.5. The quantitative estimate of drug-likeness (QED) is 0.292. The van der Waals surface area contributed by atoms with Crippen molar-refractivity contribution < 1.29 is 19.1 Å². The number of fused-ring (bicyclic) bond motifs is 1. The highest BCUT2D eigenvalue weighted by Gasteiger charge is 2.34. The number of imide groups is 1. The number of halogens is 1. The summed E-state index contributed by atoms with van der Waals surface area (Å²) in [6, 6.07) is 16.5. The highest BCUT2D eigenvalue weighted by Crippen LogP contribution is 2.24. The minimum absolute atomic E-state index is 0.154. The molecule has 0 aliphatic carbocycles. The van der Waals surface area contributed by atoms with E-state index in [-0.39, 0.29) is 35.7 Å². The van der Waals surface area contributed by atoms with Crippen LogP contribution in [0.4, 0.5) is 0 Å². The maximum atomic E-state index is 12.5. The van der Waals surface area contributed by atoms with E-state index in [4.69, 9.17) is 16.3 Å². The highest BCUT2D eigenvalue weighted by atomic mass is 35.5. The molecule has 0 saturated heterocycles. The molecule has 0 N–H and O–H groups in total. The molecular formula is C24H22ClN3O4. The normalized spacial score (nSPS) is 12.9. The number of unbranched alkanes of at least 4 members (excludes halogenated alkanes) is 1. The van der Waals surface area contributed by atoms with Crippen LogP contribution in [0.2, 0.25) is 5.15 Å². The zero-order valence-electron chi connectivity index (χ0n) is 17.6. The third-order valence-electron chi connectivity index (χ3n) is 5.33. The van der Waals surface area contributed by atoms with E-state index in [0.717, 1.165) is 5.56 Å². The molecule has 1 aromatic heterocycles.